The molecule has 2 amide bonds. The van der Waals surface area contributed by atoms with Crippen LogP contribution in [-0.2, 0) is 4.79 Å². The first kappa shape index (κ1) is 20.7. The van der Waals surface area contributed by atoms with Gasteiger partial charge < -0.3 is 15.5 Å². The Morgan fingerprint density at radius 1 is 1.23 bits per heavy atom. The minimum absolute atomic E-state index is 0. The smallest absolute Gasteiger partial charge is 0.255 e. The lowest BCUT2D eigenvalue weighted by atomic mass is 10.1. The van der Waals surface area contributed by atoms with Crippen LogP contribution in [0.2, 0.25) is 5.02 Å². The summed E-state index contributed by atoms with van der Waals surface area (Å²) in [5.41, 5.74) is 1.05. The van der Waals surface area contributed by atoms with Crippen LogP contribution in [0.25, 0.3) is 0 Å². The molecule has 7 heteroatoms. The number of carbonyl (C=O) groups excluding carboxylic acids is 2. The highest BCUT2D eigenvalue weighted by molar-refractivity contribution is 6.34. The number of halogens is 2. The standard InChI is InChI=1S/C15H22ClN3O2.ClH/c1-4-19(5-2)15(21)12-7-6-11(10-13(12)16)18-14(20)8-9-17-3;/h6-7,10,17H,4-5,8-9H2,1-3H3,(H,18,20);1H. The maximum Gasteiger partial charge on any atom is 0.255 e. The SMILES string of the molecule is CCN(CC)C(=O)c1ccc(NC(=O)CCNC)cc1Cl.Cl. The highest BCUT2D eigenvalue weighted by atomic mass is 35.5. The molecular formula is C15H23Cl2N3O2. The highest BCUT2D eigenvalue weighted by Gasteiger charge is 2.16. The Balaban J connectivity index is 0.00000441. The van der Waals surface area contributed by atoms with E-state index in [9.17, 15) is 9.59 Å². The van der Waals surface area contributed by atoms with Crippen LogP contribution in [0.1, 0.15) is 30.6 Å². The number of nitrogens with zero attached hydrogens (tertiary/aromatic N) is 1. The lowest BCUT2D eigenvalue weighted by Gasteiger charge is -2.19. The van der Waals surface area contributed by atoms with E-state index in [0.29, 0.717) is 42.3 Å². The van der Waals surface area contributed by atoms with Gasteiger partial charge in [-0.2, -0.15) is 0 Å². The fourth-order valence-corrected chi connectivity index (χ4v) is 2.17. The molecule has 124 valence electrons. The molecule has 0 radical (unpaired) electrons. The van der Waals surface area contributed by atoms with Crippen LogP contribution < -0.4 is 10.6 Å². The molecule has 1 aromatic carbocycles. The van der Waals surface area contributed by atoms with Crippen molar-refractivity contribution in [1.29, 1.82) is 0 Å². The number of hydrogen-bond donors (Lipinski definition) is 2. The summed E-state index contributed by atoms with van der Waals surface area (Å²) >= 11 is 6.16. The van der Waals surface area contributed by atoms with Crippen LogP contribution in [0, 0.1) is 0 Å². The zero-order chi connectivity index (χ0) is 15.8. The van der Waals surface area contributed by atoms with Crippen LogP contribution in [0.3, 0.4) is 0 Å². The van der Waals surface area contributed by atoms with Crippen LogP contribution in [0.4, 0.5) is 5.69 Å². The molecule has 0 bridgehead atoms. The zero-order valence-electron chi connectivity index (χ0n) is 13.1. The second kappa shape index (κ2) is 10.4. The topological polar surface area (TPSA) is 61.4 Å². The molecular weight excluding hydrogens is 325 g/mol. The number of anilines is 1. The number of hydrogen-bond acceptors (Lipinski definition) is 3. The molecule has 0 spiro atoms. The zero-order valence-corrected chi connectivity index (χ0v) is 14.7. The molecule has 0 unspecified atom stereocenters. The number of carbonyl (C=O) groups is 2. The molecule has 2 N–H and O–H groups in total. The van der Waals surface area contributed by atoms with Crippen molar-refractivity contribution in [3.05, 3.63) is 28.8 Å². The monoisotopic (exact) mass is 347 g/mol. The highest BCUT2D eigenvalue weighted by Crippen LogP contribution is 2.22. The number of rotatable bonds is 7. The average molecular weight is 348 g/mol. The second-order valence-corrected chi connectivity index (χ2v) is 4.98. The van der Waals surface area contributed by atoms with E-state index in [-0.39, 0.29) is 24.2 Å². The molecule has 0 fully saturated rings. The first-order valence-corrected chi connectivity index (χ1v) is 7.44. The lowest BCUT2D eigenvalue weighted by Crippen LogP contribution is -2.30. The molecule has 0 atom stereocenters. The minimum Gasteiger partial charge on any atom is -0.339 e. The Labute approximate surface area is 142 Å². The van der Waals surface area contributed by atoms with E-state index in [1.807, 2.05) is 13.8 Å². The Morgan fingerprint density at radius 3 is 2.36 bits per heavy atom. The van der Waals surface area contributed by atoms with Crippen LogP contribution in [-0.4, -0.2) is 43.4 Å². The van der Waals surface area contributed by atoms with Gasteiger partial charge in [-0.25, -0.2) is 0 Å². The fraction of sp³-hybridized carbons (Fsp3) is 0.467. The maximum absolute atomic E-state index is 12.2. The van der Waals surface area contributed by atoms with Crippen LogP contribution >= 0.6 is 24.0 Å². The minimum atomic E-state index is -0.0990. The van der Waals surface area contributed by atoms with E-state index >= 15 is 0 Å². The van der Waals surface area contributed by atoms with Gasteiger partial charge in [0.25, 0.3) is 5.91 Å². The van der Waals surface area contributed by atoms with Gasteiger partial charge >= 0.3 is 0 Å². The third-order valence-corrected chi connectivity index (χ3v) is 3.45. The Kier molecular flexibility index (Phi) is 9.81. The number of amides is 2. The van der Waals surface area contributed by atoms with Crippen molar-refractivity contribution in [1.82, 2.24) is 10.2 Å². The van der Waals surface area contributed by atoms with Gasteiger partial charge in [0.05, 0.1) is 10.6 Å². The van der Waals surface area contributed by atoms with E-state index in [1.165, 1.54) is 0 Å². The molecule has 1 aromatic rings. The van der Waals surface area contributed by atoms with Crippen molar-refractivity contribution in [2.45, 2.75) is 20.3 Å². The predicted molar refractivity (Wildman–Crippen MR) is 93.1 cm³/mol. The first-order valence-electron chi connectivity index (χ1n) is 7.06. The molecule has 0 aliphatic rings. The summed E-state index contributed by atoms with van der Waals surface area (Å²) in [5.74, 6) is -0.193. The fourth-order valence-electron chi connectivity index (χ4n) is 1.91. The quantitative estimate of drug-likeness (QED) is 0.797. The Hall–Kier alpha value is -1.30. The van der Waals surface area contributed by atoms with Gasteiger partial charge in [0, 0.05) is 31.7 Å². The van der Waals surface area contributed by atoms with E-state index in [0.717, 1.165) is 0 Å². The molecule has 0 saturated heterocycles. The largest absolute Gasteiger partial charge is 0.339 e. The summed E-state index contributed by atoms with van der Waals surface area (Å²) in [7, 11) is 1.79. The van der Waals surface area contributed by atoms with E-state index < -0.39 is 0 Å². The lowest BCUT2D eigenvalue weighted by molar-refractivity contribution is -0.116. The van der Waals surface area contributed by atoms with Crippen molar-refractivity contribution < 1.29 is 9.59 Å². The molecule has 0 aromatic heterocycles. The van der Waals surface area contributed by atoms with Gasteiger partial charge in [-0.3, -0.25) is 9.59 Å². The van der Waals surface area contributed by atoms with Crippen molar-refractivity contribution in [3.63, 3.8) is 0 Å². The summed E-state index contributed by atoms with van der Waals surface area (Å²) in [5, 5.41) is 6.01. The van der Waals surface area contributed by atoms with Crippen molar-refractivity contribution in [2.24, 2.45) is 0 Å². The molecule has 0 aliphatic heterocycles. The molecule has 0 heterocycles. The predicted octanol–water partition coefficient (Wildman–Crippen LogP) is 2.79. The number of benzene rings is 1. The van der Waals surface area contributed by atoms with Crippen molar-refractivity contribution >= 4 is 41.5 Å². The summed E-state index contributed by atoms with van der Waals surface area (Å²) < 4.78 is 0. The van der Waals surface area contributed by atoms with Gasteiger partial charge in [-0.1, -0.05) is 11.6 Å². The second-order valence-electron chi connectivity index (χ2n) is 4.57. The van der Waals surface area contributed by atoms with Gasteiger partial charge in [-0.15, -0.1) is 12.4 Å². The van der Waals surface area contributed by atoms with E-state index in [1.54, 1.807) is 30.1 Å². The summed E-state index contributed by atoms with van der Waals surface area (Å²) in [6.45, 7) is 5.72. The van der Waals surface area contributed by atoms with Gasteiger partial charge in [0.2, 0.25) is 5.91 Å². The summed E-state index contributed by atoms with van der Waals surface area (Å²) in [6, 6.07) is 4.95. The van der Waals surface area contributed by atoms with Crippen LogP contribution in [0.15, 0.2) is 18.2 Å². The molecule has 1 rings (SSSR count). The molecule has 5 nitrogen and oxygen atoms in total. The number of nitrogens with one attached hydrogen (secondary N) is 2. The Bertz CT molecular complexity index is 506. The van der Waals surface area contributed by atoms with E-state index in [4.69, 9.17) is 11.6 Å². The third kappa shape index (κ3) is 5.83. The van der Waals surface area contributed by atoms with Crippen LogP contribution in [0.5, 0.6) is 0 Å². The molecule has 22 heavy (non-hydrogen) atoms. The molecule has 0 aliphatic carbocycles. The third-order valence-electron chi connectivity index (χ3n) is 3.14. The average Bonchev–Trinajstić information content (AvgIpc) is 2.46. The van der Waals surface area contributed by atoms with E-state index in [2.05, 4.69) is 10.6 Å². The molecule has 0 saturated carbocycles. The normalized spacial score (nSPS) is 9.82. The maximum atomic E-state index is 12.2. The van der Waals surface area contributed by atoms with Crippen molar-refractivity contribution in [2.75, 3.05) is 32.0 Å². The van der Waals surface area contributed by atoms with Gasteiger partial charge in [-0.05, 0) is 39.1 Å². The van der Waals surface area contributed by atoms with Gasteiger partial charge in [0.1, 0.15) is 0 Å². The first-order chi connectivity index (χ1) is 10.0. The van der Waals surface area contributed by atoms with Crippen molar-refractivity contribution in [3.8, 4) is 0 Å². The Morgan fingerprint density at radius 2 is 1.86 bits per heavy atom. The summed E-state index contributed by atoms with van der Waals surface area (Å²) in [4.78, 5) is 25.6. The van der Waals surface area contributed by atoms with Gasteiger partial charge in [0.15, 0.2) is 0 Å². The summed E-state index contributed by atoms with van der Waals surface area (Å²) in [6.07, 6.45) is 0.383.